The van der Waals surface area contributed by atoms with E-state index >= 15 is 0 Å². The first-order valence-corrected chi connectivity index (χ1v) is 20.3. The molecule has 2 amide bonds. The van der Waals surface area contributed by atoms with Crippen LogP contribution in [0.1, 0.15) is 75.3 Å². The van der Waals surface area contributed by atoms with Gasteiger partial charge in [-0.05, 0) is 97.6 Å². The first-order chi connectivity index (χ1) is 25.8. The van der Waals surface area contributed by atoms with Crippen LogP contribution in [0.25, 0.3) is 21.8 Å². The number of phenolic OH excluding ortho intramolecular Hbond substituents is 2. The van der Waals surface area contributed by atoms with Crippen molar-refractivity contribution < 1.29 is 59.1 Å². The van der Waals surface area contributed by atoms with Gasteiger partial charge in [0.25, 0.3) is 0 Å². The number of carbonyl (C=O) groups excluding carboxylic acids is 4. The van der Waals surface area contributed by atoms with Crippen LogP contribution in [-0.2, 0) is 51.5 Å². The number of aromatic amines is 2. The number of aliphatic carboxylic acids is 2. The van der Waals surface area contributed by atoms with Gasteiger partial charge in [-0.2, -0.15) is 50.5 Å². The van der Waals surface area contributed by atoms with Gasteiger partial charge in [0.15, 0.2) is 0 Å². The van der Waals surface area contributed by atoms with Crippen LogP contribution in [0.15, 0.2) is 48.8 Å². The molecule has 0 saturated carbocycles. The van der Waals surface area contributed by atoms with Crippen LogP contribution < -0.4 is 20.8 Å². The largest absolute Gasteiger partial charge is 2.00 e. The zero-order valence-corrected chi connectivity index (χ0v) is 37.2. The average molecular weight is 908 g/mol. The summed E-state index contributed by atoms with van der Waals surface area (Å²) in [6.07, 6.45) is 10.8. The van der Waals surface area contributed by atoms with E-state index in [0.717, 1.165) is 71.8 Å². The molecule has 0 aliphatic heterocycles. The molecule has 6 N–H and O–H groups in total. The average Bonchev–Trinajstić information content (AvgIpc) is 3.71. The van der Waals surface area contributed by atoms with Crippen molar-refractivity contribution >= 4 is 126 Å². The Morgan fingerprint density at radius 1 is 0.643 bits per heavy atom. The van der Waals surface area contributed by atoms with Crippen molar-refractivity contribution in [2.75, 3.05) is 11.5 Å². The van der Waals surface area contributed by atoms with E-state index < -0.39 is 24.0 Å². The maximum atomic E-state index is 12.1. The van der Waals surface area contributed by atoms with Gasteiger partial charge >= 0.3 is 49.0 Å². The third-order valence-corrected chi connectivity index (χ3v) is 10.4. The molecule has 18 heteroatoms. The molecule has 0 aliphatic carbocycles. The molecule has 2 aromatic carbocycles. The summed E-state index contributed by atoms with van der Waals surface area (Å²) in [4.78, 5) is 53.1. The van der Waals surface area contributed by atoms with Gasteiger partial charge < -0.3 is 50.6 Å². The molecule has 0 radical (unpaired) electrons. The van der Waals surface area contributed by atoms with Gasteiger partial charge in [-0.15, -0.1) is 0 Å². The maximum absolute atomic E-state index is 12.1. The number of thiol groups is 4. The van der Waals surface area contributed by atoms with Gasteiger partial charge in [-0.3, -0.25) is 9.59 Å². The Kier molecular flexibility index (Phi) is 25.7. The Morgan fingerprint density at radius 3 is 1.36 bits per heavy atom. The number of H-pyrrole nitrogens is 2. The number of amides is 2. The van der Waals surface area contributed by atoms with E-state index in [1.807, 2.05) is 0 Å². The number of phenols is 2. The first kappa shape index (κ1) is 52.0. The van der Waals surface area contributed by atoms with Crippen molar-refractivity contribution in [3.63, 3.8) is 0 Å². The van der Waals surface area contributed by atoms with E-state index in [-0.39, 0.29) is 109 Å². The third-order valence-electron chi connectivity index (χ3n) is 8.90. The fourth-order valence-electron chi connectivity index (χ4n) is 5.95. The minimum absolute atomic E-state index is 0. The number of fused-ring (bicyclic) bond motifs is 2. The number of aromatic hydroxyl groups is 2. The predicted octanol–water partition coefficient (Wildman–Crippen LogP) is 3.01. The molecule has 0 bridgehead atoms. The van der Waals surface area contributed by atoms with Crippen LogP contribution in [0, 0.1) is 0 Å². The summed E-state index contributed by atoms with van der Waals surface area (Å²) in [6.45, 7) is 0. The normalized spacial score (nSPS) is 12.9. The fourth-order valence-corrected chi connectivity index (χ4v) is 7.60. The number of carboxylic acids is 2. The molecule has 0 aliphatic rings. The van der Waals surface area contributed by atoms with E-state index in [1.54, 1.807) is 48.8 Å². The van der Waals surface area contributed by atoms with Gasteiger partial charge in [-0.1, -0.05) is 12.8 Å². The standard InChI is InChI=1S/2C19H26N2O4S2.Na.Zn.H/c2*22-13-5-6-16-15(10-13)12(11-20-16)9-17(19(24)25)21-18(23)4-2-1-3-14(27)7-8-26;;;/h2*5-6,10-11,14,17,20,22,26-27H,1-4,7-9H2,(H,21,23)(H,24,25);;;/q;;;+2;/p-2/t2*14?,17-;;;/m00.../s1. The predicted molar refractivity (Wildman–Crippen MR) is 228 cm³/mol. The molecule has 12 nitrogen and oxygen atoms in total. The van der Waals surface area contributed by atoms with Gasteiger partial charge in [-0.25, -0.2) is 0 Å². The molecule has 4 atom stereocenters. The summed E-state index contributed by atoms with van der Waals surface area (Å²) >= 11 is 17.2. The number of carboxylic acid groups (broad SMARTS) is 2. The molecule has 2 heterocycles. The fraction of sp³-hybridized carbons (Fsp3) is 0.474. The van der Waals surface area contributed by atoms with Crippen molar-refractivity contribution in [1.29, 1.82) is 0 Å². The summed E-state index contributed by atoms with van der Waals surface area (Å²) in [5.41, 5.74) is 2.96. The van der Waals surface area contributed by atoms with Gasteiger partial charge in [0, 0.05) is 70.4 Å². The quantitative estimate of drug-likeness (QED) is 0.0321. The number of hydrogen-bond acceptors (Lipinski definition) is 12. The van der Waals surface area contributed by atoms with Gasteiger partial charge in [0.1, 0.15) is 11.5 Å². The van der Waals surface area contributed by atoms with Crippen LogP contribution in [0.3, 0.4) is 0 Å². The second kappa shape index (κ2) is 27.7. The molecule has 0 fully saturated rings. The topological polar surface area (TPSA) is 210 Å². The first-order valence-electron chi connectivity index (χ1n) is 18.0. The second-order valence-electron chi connectivity index (χ2n) is 13.2. The summed E-state index contributed by atoms with van der Waals surface area (Å²) in [6, 6.07) is 7.40. The summed E-state index contributed by atoms with van der Waals surface area (Å²) in [5, 5.41) is 49.2. The number of aromatic nitrogens is 2. The molecule has 0 spiro atoms. The molecule has 56 heavy (non-hydrogen) atoms. The minimum atomic E-state index is -1.33. The zero-order valence-electron chi connectivity index (χ0n) is 30.7. The van der Waals surface area contributed by atoms with Crippen molar-refractivity contribution in [2.24, 2.45) is 0 Å². The van der Waals surface area contributed by atoms with E-state index in [2.05, 4.69) is 71.1 Å². The van der Waals surface area contributed by atoms with Crippen molar-refractivity contribution in [3.05, 3.63) is 59.9 Å². The Morgan fingerprint density at radius 2 is 1.02 bits per heavy atom. The van der Waals surface area contributed by atoms with Crippen molar-refractivity contribution in [1.82, 2.24) is 20.6 Å². The molecular weight excluding hydrogens is 857 g/mol. The smallest absolute Gasteiger partial charge is 2.00 e. The second-order valence-corrected chi connectivity index (χ2v) is 15.6. The van der Waals surface area contributed by atoms with Crippen LogP contribution in [0.2, 0.25) is 0 Å². The zero-order chi connectivity index (χ0) is 39.6. The van der Waals surface area contributed by atoms with E-state index in [1.165, 1.54) is 0 Å². The number of unbranched alkanes of at least 4 members (excludes halogenated alkanes) is 2. The summed E-state index contributed by atoms with van der Waals surface area (Å²) in [7, 11) is 0. The van der Waals surface area contributed by atoms with Crippen LogP contribution in [0.5, 0.6) is 11.5 Å². The molecule has 2 aromatic heterocycles. The molecule has 2 unspecified atom stereocenters. The molecular formula is C38H51N4NaO8S4Zn. The number of carbonyl (C=O) groups is 4. The Balaban J connectivity index is 0.000000541. The molecule has 4 rings (SSSR count). The van der Waals surface area contributed by atoms with Gasteiger partial charge in [0.05, 0.1) is 24.0 Å². The third kappa shape index (κ3) is 18.3. The Bertz CT molecular complexity index is 1700. The summed E-state index contributed by atoms with van der Waals surface area (Å²) in [5.74, 6) is -1.52. The number of nitrogens with one attached hydrogen (secondary N) is 4. The number of rotatable bonds is 22. The molecule has 298 valence electrons. The van der Waals surface area contributed by atoms with E-state index in [0.29, 0.717) is 24.0 Å². The van der Waals surface area contributed by atoms with Crippen LogP contribution >= 0.6 is 50.5 Å². The van der Waals surface area contributed by atoms with Crippen LogP contribution in [-0.4, -0.2) is 108 Å². The van der Waals surface area contributed by atoms with Crippen LogP contribution in [0.4, 0.5) is 0 Å². The molecule has 4 aromatic rings. The monoisotopic (exact) mass is 906 g/mol. The van der Waals surface area contributed by atoms with Crippen molar-refractivity contribution in [3.8, 4) is 11.5 Å². The Labute approximate surface area is 384 Å². The van der Waals surface area contributed by atoms with Gasteiger partial charge in [0.2, 0.25) is 11.8 Å². The summed E-state index contributed by atoms with van der Waals surface area (Å²) < 4.78 is 0. The van der Waals surface area contributed by atoms with E-state index in [4.69, 9.17) is 0 Å². The molecule has 0 saturated heterocycles. The SMILES string of the molecule is O=C(CCCCC(S)CCS)N[C@@H](Cc1c[nH]c2ccc(O)cc12)C(=O)[O-].O=C(CCCCC(S)CCS)N[C@@H](Cc1c[nH]c2ccc(O)cc12)C(=O)[O-].[NaH].[Zn+2]. The van der Waals surface area contributed by atoms with E-state index in [9.17, 15) is 39.6 Å². The maximum Gasteiger partial charge on any atom is 2.00 e. The Hall–Kier alpha value is -1.98. The number of hydrogen-bond donors (Lipinski definition) is 10. The minimum Gasteiger partial charge on any atom is 2.00 e. The number of benzene rings is 2. The van der Waals surface area contributed by atoms with Crippen molar-refractivity contribution in [2.45, 2.75) is 99.6 Å².